The molecule has 0 aliphatic heterocycles. The summed E-state index contributed by atoms with van der Waals surface area (Å²) < 4.78 is 5.77. The van der Waals surface area contributed by atoms with E-state index in [1.54, 1.807) is 12.4 Å². The third-order valence-electron chi connectivity index (χ3n) is 3.57. The van der Waals surface area contributed by atoms with Crippen LogP contribution >= 0.6 is 0 Å². The number of nitrogens with zero attached hydrogens (tertiary/aromatic N) is 1. The Balaban J connectivity index is 1.74. The number of hydrogen-bond donors (Lipinski definition) is 0. The first-order valence-electron chi connectivity index (χ1n) is 8.19. The van der Waals surface area contributed by atoms with Gasteiger partial charge in [0.25, 0.3) is 0 Å². The zero-order chi connectivity index (χ0) is 15.5. The second-order valence-electron chi connectivity index (χ2n) is 5.45. The molecule has 0 saturated heterocycles. The molecule has 1 aromatic carbocycles. The van der Waals surface area contributed by atoms with E-state index in [1.807, 2.05) is 24.3 Å². The number of unbranched alkanes of at least 4 members (excludes halogenated alkanes) is 4. The van der Waals surface area contributed by atoms with E-state index in [-0.39, 0.29) is 0 Å². The molecule has 116 valence electrons. The van der Waals surface area contributed by atoms with Crippen molar-refractivity contribution in [2.24, 2.45) is 0 Å². The fraction of sp³-hybridized carbons (Fsp3) is 0.350. The van der Waals surface area contributed by atoms with Crippen LogP contribution in [0.5, 0.6) is 5.75 Å². The molecule has 0 bridgehead atoms. The SMILES string of the molecule is CCCCCCCOc1ccc(/C=C/c2ccncc2)cc1. The average molecular weight is 295 g/mol. The molecule has 2 aromatic rings. The molecule has 22 heavy (non-hydrogen) atoms. The maximum absolute atomic E-state index is 5.77. The number of ether oxygens (including phenoxy) is 1. The van der Waals surface area contributed by atoms with Gasteiger partial charge in [-0.25, -0.2) is 0 Å². The van der Waals surface area contributed by atoms with Crippen LogP contribution in [-0.4, -0.2) is 11.6 Å². The van der Waals surface area contributed by atoms with Gasteiger partial charge in [0, 0.05) is 12.4 Å². The van der Waals surface area contributed by atoms with Crippen molar-refractivity contribution >= 4 is 12.2 Å². The summed E-state index contributed by atoms with van der Waals surface area (Å²) in [6, 6.07) is 12.2. The summed E-state index contributed by atoms with van der Waals surface area (Å²) in [5.74, 6) is 0.955. The van der Waals surface area contributed by atoms with E-state index >= 15 is 0 Å². The second-order valence-corrected chi connectivity index (χ2v) is 5.45. The predicted octanol–water partition coefficient (Wildman–Crippen LogP) is 5.60. The normalized spacial score (nSPS) is 11.0. The van der Waals surface area contributed by atoms with Gasteiger partial charge in [0.2, 0.25) is 0 Å². The zero-order valence-corrected chi connectivity index (χ0v) is 13.4. The lowest BCUT2D eigenvalue weighted by Crippen LogP contribution is -1.97. The summed E-state index contributed by atoms with van der Waals surface area (Å²) >= 11 is 0. The topological polar surface area (TPSA) is 22.1 Å². The van der Waals surface area contributed by atoms with Gasteiger partial charge in [0.1, 0.15) is 5.75 Å². The molecule has 0 N–H and O–H groups in total. The van der Waals surface area contributed by atoms with Crippen molar-refractivity contribution in [3.63, 3.8) is 0 Å². The third-order valence-corrected chi connectivity index (χ3v) is 3.57. The van der Waals surface area contributed by atoms with Crippen LogP contribution in [0.15, 0.2) is 48.8 Å². The number of rotatable bonds is 9. The maximum Gasteiger partial charge on any atom is 0.119 e. The molecule has 0 amide bonds. The van der Waals surface area contributed by atoms with Gasteiger partial charge in [-0.2, -0.15) is 0 Å². The molecular formula is C20H25NO. The highest BCUT2D eigenvalue weighted by atomic mass is 16.5. The Morgan fingerprint density at radius 1 is 0.818 bits per heavy atom. The van der Waals surface area contributed by atoms with Crippen molar-refractivity contribution in [1.82, 2.24) is 4.98 Å². The minimum absolute atomic E-state index is 0.815. The summed E-state index contributed by atoms with van der Waals surface area (Å²) in [5, 5.41) is 0. The standard InChI is InChI=1S/C20H25NO/c1-2-3-4-5-6-17-22-20-11-9-18(10-12-20)7-8-19-13-15-21-16-14-19/h7-16H,2-6,17H2,1H3/b8-7+. The first kappa shape index (κ1) is 16.3. The molecule has 2 nitrogen and oxygen atoms in total. The molecule has 2 heteroatoms. The Labute approximate surface area is 133 Å². The minimum Gasteiger partial charge on any atom is -0.494 e. The Bertz CT molecular complexity index is 546. The van der Waals surface area contributed by atoms with Gasteiger partial charge < -0.3 is 4.74 Å². The molecular weight excluding hydrogens is 270 g/mol. The fourth-order valence-corrected chi connectivity index (χ4v) is 2.24. The molecule has 0 saturated carbocycles. The minimum atomic E-state index is 0.815. The van der Waals surface area contributed by atoms with Gasteiger partial charge in [-0.1, -0.05) is 56.9 Å². The highest BCUT2D eigenvalue weighted by Gasteiger charge is 1.95. The molecule has 0 aliphatic rings. The van der Waals surface area contributed by atoms with Gasteiger partial charge in [-0.05, 0) is 41.8 Å². The van der Waals surface area contributed by atoms with Crippen molar-refractivity contribution < 1.29 is 4.74 Å². The van der Waals surface area contributed by atoms with Crippen molar-refractivity contribution in [2.45, 2.75) is 39.0 Å². The lowest BCUT2D eigenvalue weighted by Gasteiger charge is -2.06. The van der Waals surface area contributed by atoms with Gasteiger partial charge >= 0.3 is 0 Å². The summed E-state index contributed by atoms with van der Waals surface area (Å²) in [6.45, 7) is 3.05. The van der Waals surface area contributed by atoms with E-state index in [0.29, 0.717) is 0 Å². The summed E-state index contributed by atoms with van der Waals surface area (Å²) in [4.78, 5) is 4.01. The Morgan fingerprint density at radius 3 is 2.14 bits per heavy atom. The summed E-state index contributed by atoms with van der Waals surface area (Å²) in [6.07, 6.45) is 14.1. The van der Waals surface area contributed by atoms with Gasteiger partial charge in [-0.15, -0.1) is 0 Å². The average Bonchev–Trinajstić information content (AvgIpc) is 2.58. The third kappa shape index (κ3) is 6.13. The van der Waals surface area contributed by atoms with Crippen LogP contribution in [0.25, 0.3) is 12.2 Å². The van der Waals surface area contributed by atoms with Crippen molar-refractivity contribution in [2.75, 3.05) is 6.61 Å². The van der Waals surface area contributed by atoms with E-state index < -0.39 is 0 Å². The Morgan fingerprint density at radius 2 is 1.45 bits per heavy atom. The smallest absolute Gasteiger partial charge is 0.119 e. The van der Waals surface area contributed by atoms with Crippen LogP contribution in [0.2, 0.25) is 0 Å². The van der Waals surface area contributed by atoms with Crippen molar-refractivity contribution in [3.8, 4) is 5.75 Å². The van der Waals surface area contributed by atoms with Crippen LogP contribution in [-0.2, 0) is 0 Å². The van der Waals surface area contributed by atoms with Crippen LogP contribution in [0.4, 0.5) is 0 Å². The van der Waals surface area contributed by atoms with Crippen LogP contribution in [0.3, 0.4) is 0 Å². The van der Waals surface area contributed by atoms with E-state index in [0.717, 1.165) is 24.3 Å². The number of pyridine rings is 1. The van der Waals surface area contributed by atoms with E-state index in [4.69, 9.17) is 4.74 Å². The molecule has 0 fully saturated rings. The summed E-state index contributed by atoms with van der Waals surface area (Å²) in [7, 11) is 0. The zero-order valence-electron chi connectivity index (χ0n) is 13.4. The molecule has 0 aliphatic carbocycles. The molecule has 2 rings (SSSR count). The lowest BCUT2D eigenvalue weighted by atomic mass is 10.1. The lowest BCUT2D eigenvalue weighted by molar-refractivity contribution is 0.304. The fourth-order valence-electron chi connectivity index (χ4n) is 2.24. The van der Waals surface area contributed by atoms with Gasteiger partial charge in [-0.3, -0.25) is 4.98 Å². The maximum atomic E-state index is 5.77. The number of aromatic nitrogens is 1. The number of benzene rings is 1. The van der Waals surface area contributed by atoms with Gasteiger partial charge in [0.15, 0.2) is 0 Å². The first-order valence-corrected chi connectivity index (χ1v) is 8.19. The molecule has 1 heterocycles. The highest BCUT2D eigenvalue weighted by molar-refractivity contribution is 5.69. The number of hydrogen-bond acceptors (Lipinski definition) is 2. The van der Waals surface area contributed by atoms with E-state index in [1.165, 1.54) is 31.2 Å². The van der Waals surface area contributed by atoms with Crippen molar-refractivity contribution in [1.29, 1.82) is 0 Å². The highest BCUT2D eigenvalue weighted by Crippen LogP contribution is 2.15. The first-order chi connectivity index (χ1) is 10.9. The Kier molecular flexibility index (Phi) is 7.24. The van der Waals surface area contributed by atoms with Crippen LogP contribution in [0, 0.1) is 0 Å². The van der Waals surface area contributed by atoms with Crippen LogP contribution < -0.4 is 4.74 Å². The molecule has 0 atom stereocenters. The molecule has 0 radical (unpaired) electrons. The summed E-state index contributed by atoms with van der Waals surface area (Å²) in [5.41, 5.74) is 2.33. The molecule has 1 aromatic heterocycles. The van der Waals surface area contributed by atoms with E-state index in [9.17, 15) is 0 Å². The second kappa shape index (κ2) is 9.78. The van der Waals surface area contributed by atoms with Crippen molar-refractivity contribution in [3.05, 3.63) is 59.9 Å². The van der Waals surface area contributed by atoms with E-state index in [2.05, 4.69) is 36.2 Å². The molecule has 0 unspecified atom stereocenters. The largest absolute Gasteiger partial charge is 0.494 e. The molecule has 0 spiro atoms. The Hall–Kier alpha value is -2.09. The quantitative estimate of drug-likeness (QED) is 0.562. The predicted molar refractivity (Wildman–Crippen MR) is 93.9 cm³/mol. The van der Waals surface area contributed by atoms with Crippen LogP contribution in [0.1, 0.15) is 50.2 Å². The van der Waals surface area contributed by atoms with Gasteiger partial charge in [0.05, 0.1) is 6.61 Å². The monoisotopic (exact) mass is 295 g/mol.